The first kappa shape index (κ1) is 29.5. The Balaban J connectivity index is 1.31. The molecule has 5 rings (SSSR count). The Bertz CT molecular complexity index is 1460. The number of alkyl carbamates (subject to hydrolysis) is 1. The quantitative estimate of drug-likeness (QED) is 0.238. The summed E-state index contributed by atoms with van der Waals surface area (Å²) in [6, 6.07) is 20.0. The minimum absolute atomic E-state index is 0.00575. The number of hydrogen-bond donors (Lipinski definition) is 2. The average Bonchev–Trinajstić information content (AvgIpc) is 3.35. The van der Waals surface area contributed by atoms with E-state index in [-0.39, 0.29) is 24.8 Å². The van der Waals surface area contributed by atoms with Crippen molar-refractivity contribution in [2.24, 2.45) is 0 Å². The zero-order valence-electron chi connectivity index (χ0n) is 23.7. The van der Waals surface area contributed by atoms with Crippen LogP contribution in [0.3, 0.4) is 0 Å². The highest BCUT2D eigenvalue weighted by Gasteiger charge is 2.52. The number of carbonyl (C=O) groups is 1. The van der Waals surface area contributed by atoms with E-state index in [0.29, 0.717) is 11.0 Å². The van der Waals surface area contributed by atoms with Gasteiger partial charge in [-0.1, -0.05) is 60.7 Å². The zero-order valence-corrected chi connectivity index (χ0v) is 23.7. The lowest BCUT2D eigenvalue weighted by Gasteiger charge is -2.32. The molecule has 3 aromatic carbocycles. The highest BCUT2D eigenvalue weighted by Crippen LogP contribution is 2.44. The van der Waals surface area contributed by atoms with Crippen molar-refractivity contribution in [2.75, 3.05) is 18.9 Å². The SMILES string of the molecule is CC1(C)OB(C(=Cc2ccc(OC(F)(F)F)c(N)c2)CNC(=O)OCC2c3ccccc3-c3ccccc32)OC1(C)C. The lowest BCUT2D eigenvalue weighted by atomic mass is 9.77. The molecule has 0 saturated carbocycles. The van der Waals surface area contributed by atoms with E-state index in [0.717, 1.165) is 28.3 Å². The van der Waals surface area contributed by atoms with Crippen LogP contribution in [0.1, 0.15) is 50.3 Å². The fourth-order valence-corrected chi connectivity index (χ4v) is 5.11. The third-order valence-electron chi connectivity index (χ3n) is 7.95. The summed E-state index contributed by atoms with van der Waals surface area (Å²) >= 11 is 0. The smallest absolute Gasteiger partial charge is 0.449 e. The van der Waals surface area contributed by atoms with Crippen molar-refractivity contribution < 1.29 is 36.7 Å². The third-order valence-corrected chi connectivity index (χ3v) is 7.95. The van der Waals surface area contributed by atoms with Crippen LogP contribution >= 0.6 is 0 Å². The van der Waals surface area contributed by atoms with Crippen molar-refractivity contribution in [3.05, 3.63) is 88.9 Å². The van der Waals surface area contributed by atoms with Gasteiger partial charge < -0.3 is 29.8 Å². The van der Waals surface area contributed by atoms with Crippen LogP contribution in [-0.4, -0.2) is 43.9 Å². The maximum absolute atomic E-state index is 12.9. The fraction of sp³-hybridized carbons (Fsp3) is 0.323. The van der Waals surface area contributed by atoms with Crippen LogP contribution in [0, 0.1) is 0 Å². The van der Waals surface area contributed by atoms with Crippen LogP contribution in [0.15, 0.2) is 72.2 Å². The number of amides is 1. The normalized spacial score (nSPS) is 17.5. The first-order valence-electron chi connectivity index (χ1n) is 13.5. The van der Waals surface area contributed by atoms with Crippen LogP contribution in [0.5, 0.6) is 5.75 Å². The van der Waals surface area contributed by atoms with Crippen LogP contribution < -0.4 is 15.8 Å². The zero-order chi connectivity index (χ0) is 30.3. The minimum atomic E-state index is -4.87. The van der Waals surface area contributed by atoms with E-state index in [9.17, 15) is 18.0 Å². The van der Waals surface area contributed by atoms with Crippen molar-refractivity contribution >= 4 is 25.0 Å². The highest BCUT2D eigenvalue weighted by atomic mass is 19.4. The Morgan fingerprint density at radius 2 is 1.55 bits per heavy atom. The summed E-state index contributed by atoms with van der Waals surface area (Å²) < 4.78 is 60.1. The number of nitrogen functional groups attached to an aromatic ring is 1. The predicted molar refractivity (Wildman–Crippen MR) is 155 cm³/mol. The van der Waals surface area contributed by atoms with E-state index in [1.54, 1.807) is 6.08 Å². The maximum Gasteiger partial charge on any atom is 0.573 e. The fourth-order valence-electron chi connectivity index (χ4n) is 5.11. The molecule has 0 radical (unpaired) electrons. The first-order valence-corrected chi connectivity index (χ1v) is 13.5. The van der Waals surface area contributed by atoms with Gasteiger partial charge in [0.15, 0.2) is 5.75 Å². The topological polar surface area (TPSA) is 92.0 Å². The number of nitrogens with one attached hydrogen (secondary N) is 1. The number of rotatable bonds is 7. The van der Waals surface area contributed by atoms with Crippen molar-refractivity contribution in [1.82, 2.24) is 5.32 Å². The van der Waals surface area contributed by atoms with Crippen LogP contribution in [0.2, 0.25) is 0 Å². The van der Waals surface area contributed by atoms with Gasteiger partial charge in [0.05, 0.1) is 16.9 Å². The van der Waals surface area contributed by atoms with Gasteiger partial charge in [0.2, 0.25) is 0 Å². The van der Waals surface area contributed by atoms with Gasteiger partial charge in [-0.2, -0.15) is 0 Å². The number of halogens is 3. The Kier molecular flexibility index (Phi) is 7.76. The van der Waals surface area contributed by atoms with Crippen LogP contribution in [-0.2, 0) is 14.0 Å². The highest BCUT2D eigenvalue weighted by molar-refractivity contribution is 6.56. The predicted octanol–water partition coefficient (Wildman–Crippen LogP) is 6.72. The van der Waals surface area contributed by atoms with Crippen molar-refractivity contribution in [3.8, 4) is 16.9 Å². The second kappa shape index (κ2) is 11.0. The molecule has 1 saturated heterocycles. The van der Waals surface area contributed by atoms with Crippen molar-refractivity contribution in [1.29, 1.82) is 0 Å². The molecule has 1 aliphatic heterocycles. The summed E-state index contributed by atoms with van der Waals surface area (Å²) in [5.41, 5.74) is 9.74. The molecule has 1 fully saturated rings. The second-order valence-corrected chi connectivity index (χ2v) is 11.3. The Morgan fingerprint density at radius 3 is 2.10 bits per heavy atom. The molecule has 11 heteroatoms. The van der Waals surface area contributed by atoms with Gasteiger partial charge in [-0.25, -0.2) is 4.79 Å². The molecule has 220 valence electrons. The molecule has 0 aromatic heterocycles. The molecule has 0 bridgehead atoms. The van der Waals surface area contributed by atoms with Gasteiger partial charge in [0, 0.05) is 12.5 Å². The number of anilines is 1. The van der Waals surface area contributed by atoms with E-state index >= 15 is 0 Å². The van der Waals surface area contributed by atoms with Crippen LogP contribution in [0.4, 0.5) is 23.7 Å². The molecule has 7 nitrogen and oxygen atoms in total. The summed E-state index contributed by atoms with van der Waals surface area (Å²) in [4.78, 5) is 12.9. The van der Waals surface area contributed by atoms with Crippen LogP contribution in [0.25, 0.3) is 17.2 Å². The molecule has 0 atom stereocenters. The number of carbonyl (C=O) groups excluding carboxylic acids is 1. The minimum Gasteiger partial charge on any atom is -0.449 e. The number of ether oxygens (including phenoxy) is 2. The molecule has 1 heterocycles. The van der Waals surface area contributed by atoms with E-state index in [2.05, 4.69) is 22.2 Å². The average molecular weight is 580 g/mol. The molecule has 42 heavy (non-hydrogen) atoms. The molecule has 0 spiro atoms. The lowest BCUT2D eigenvalue weighted by Crippen LogP contribution is -2.41. The number of nitrogens with two attached hydrogens (primary N) is 1. The number of alkyl halides is 3. The summed E-state index contributed by atoms with van der Waals surface area (Å²) in [6.07, 6.45) is -3.85. The summed E-state index contributed by atoms with van der Waals surface area (Å²) in [6.45, 7) is 7.71. The summed E-state index contributed by atoms with van der Waals surface area (Å²) in [5.74, 6) is -0.602. The van der Waals surface area contributed by atoms with Gasteiger partial charge in [-0.05, 0) is 73.1 Å². The molecule has 1 aliphatic carbocycles. The lowest BCUT2D eigenvalue weighted by molar-refractivity contribution is -0.274. The molecule has 1 amide bonds. The van der Waals surface area contributed by atoms with Gasteiger partial charge >= 0.3 is 19.6 Å². The maximum atomic E-state index is 12.9. The van der Waals surface area contributed by atoms with E-state index in [4.69, 9.17) is 19.8 Å². The summed E-state index contributed by atoms with van der Waals surface area (Å²) in [7, 11) is -0.837. The van der Waals surface area contributed by atoms with Gasteiger partial charge in [-0.3, -0.25) is 0 Å². The van der Waals surface area contributed by atoms with Crippen molar-refractivity contribution in [3.63, 3.8) is 0 Å². The monoisotopic (exact) mass is 580 g/mol. The Morgan fingerprint density at radius 1 is 0.976 bits per heavy atom. The van der Waals surface area contributed by atoms with Gasteiger partial charge in [0.25, 0.3) is 0 Å². The van der Waals surface area contributed by atoms with E-state index in [1.165, 1.54) is 12.1 Å². The Hall–Kier alpha value is -3.96. The summed E-state index contributed by atoms with van der Waals surface area (Å²) in [5, 5.41) is 2.77. The number of hydrogen-bond acceptors (Lipinski definition) is 6. The second-order valence-electron chi connectivity index (χ2n) is 11.3. The molecular formula is C31H32BF3N2O5. The van der Waals surface area contributed by atoms with E-state index in [1.807, 2.05) is 64.1 Å². The first-order chi connectivity index (χ1) is 19.7. The van der Waals surface area contributed by atoms with E-state index < -0.39 is 36.5 Å². The molecular weight excluding hydrogens is 548 g/mol. The molecule has 3 N–H and O–H groups in total. The molecule has 3 aromatic rings. The molecule has 2 aliphatic rings. The van der Waals surface area contributed by atoms with Gasteiger partial charge in [0.1, 0.15) is 6.61 Å². The third kappa shape index (κ3) is 6.12. The van der Waals surface area contributed by atoms with Gasteiger partial charge in [-0.15, -0.1) is 13.2 Å². The number of benzene rings is 3. The largest absolute Gasteiger partial charge is 0.573 e. The molecule has 0 unspecified atom stereocenters. The van der Waals surface area contributed by atoms with Crippen molar-refractivity contribution in [2.45, 2.75) is 51.2 Å². The standard InChI is InChI=1S/C31H32BF3N2O5/c1-29(2)30(3,4)42-32(41-29)20(15-19-13-14-27(26(36)16-19)40-31(33,34)35)17-37-28(38)39-18-25-23-11-7-5-9-21(23)22-10-6-8-12-24(22)25/h5-16,25H,17-18,36H2,1-4H3,(H,37,38). The number of fused-ring (bicyclic) bond motifs is 3. The Labute approximate surface area is 242 Å².